The monoisotopic (exact) mass is 384 g/mol. The average Bonchev–Trinajstić information content (AvgIpc) is 2.69. The van der Waals surface area contributed by atoms with Gasteiger partial charge in [0.05, 0.1) is 17.3 Å². The predicted octanol–water partition coefficient (Wildman–Crippen LogP) is 4.02. The van der Waals surface area contributed by atoms with E-state index in [4.69, 9.17) is 21.1 Å². The maximum absolute atomic E-state index is 12.0. The number of carbonyl (C=O) groups excluding carboxylic acids is 1. The summed E-state index contributed by atoms with van der Waals surface area (Å²) < 4.78 is 10.7. The summed E-state index contributed by atoms with van der Waals surface area (Å²) in [6.07, 6.45) is 4.45. The number of pyridine rings is 1. The molecule has 2 heterocycles. The largest absolute Gasteiger partial charge is 0.486 e. The molecule has 0 radical (unpaired) electrons. The van der Waals surface area contributed by atoms with Crippen molar-refractivity contribution in [3.8, 4) is 5.75 Å². The van der Waals surface area contributed by atoms with Gasteiger partial charge < -0.3 is 14.8 Å². The SMILES string of the molecule is CCOC(=O)c1cncnc1Nc1ccc(OCc2ccccn2)c(Cl)c1. The molecule has 0 unspecified atom stereocenters. The number of rotatable bonds is 7. The van der Waals surface area contributed by atoms with Crippen LogP contribution in [0.1, 0.15) is 23.0 Å². The van der Waals surface area contributed by atoms with Gasteiger partial charge >= 0.3 is 5.97 Å². The molecule has 0 saturated heterocycles. The van der Waals surface area contributed by atoms with Crippen molar-refractivity contribution in [2.45, 2.75) is 13.5 Å². The van der Waals surface area contributed by atoms with E-state index in [1.54, 1.807) is 31.3 Å². The van der Waals surface area contributed by atoms with E-state index < -0.39 is 5.97 Å². The zero-order valence-corrected chi connectivity index (χ0v) is 15.3. The molecule has 0 bridgehead atoms. The molecule has 0 saturated carbocycles. The van der Waals surface area contributed by atoms with Gasteiger partial charge in [-0.15, -0.1) is 0 Å². The van der Waals surface area contributed by atoms with Crippen LogP contribution in [0.2, 0.25) is 5.02 Å². The molecular weight excluding hydrogens is 368 g/mol. The van der Waals surface area contributed by atoms with Gasteiger partial charge in [0, 0.05) is 18.1 Å². The van der Waals surface area contributed by atoms with Crippen LogP contribution in [-0.4, -0.2) is 27.5 Å². The lowest BCUT2D eigenvalue weighted by Gasteiger charge is -2.12. The van der Waals surface area contributed by atoms with E-state index in [1.165, 1.54) is 12.5 Å². The summed E-state index contributed by atoms with van der Waals surface area (Å²) in [5, 5.41) is 3.47. The fourth-order valence-corrected chi connectivity index (χ4v) is 2.49. The minimum atomic E-state index is -0.498. The molecule has 0 spiro atoms. The average molecular weight is 385 g/mol. The molecule has 0 aliphatic carbocycles. The number of anilines is 2. The van der Waals surface area contributed by atoms with Crippen LogP contribution < -0.4 is 10.1 Å². The number of hydrogen-bond acceptors (Lipinski definition) is 7. The normalized spacial score (nSPS) is 10.3. The van der Waals surface area contributed by atoms with E-state index in [2.05, 4.69) is 20.3 Å². The Kier molecular flexibility index (Phi) is 6.17. The maximum atomic E-state index is 12.0. The molecular formula is C19H17ClN4O3. The van der Waals surface area contributed by atoms with Crippen molar-refractivity contribution in [3.05, 3.63) is 71.4 Å². The number of carbonyl (C=O) groups is 1. The maximum Gasteiger partial charge on any atom is 0.343 e. The first-order chi connectivity index (χ1) is 13.2. The minimum Gasteiger partial charge on any atom is -0.486 e. The highest BCUT2D eigenvalue weighted by Gasteiger charge is 2.15. The van der Waals surface area contributed by atoms with Gasteiger partial charge in [-0.2, -0.15) is 0 Å². The lowest BCUT2D eigenvalue weighted by Crippen LogP contribution is -2.09. The van der Waals surface area contributed by atoms with Crippen LogP contribution in [0.5, 0.6) is 5.75 Å². The van der Waals surface area contributed by atoms with Crippen molar-refractivity contribution in [2.24, 2.45) is 0 Å². The number of nitrogens with zero attached hydrogens (tertiary/aromatic N) is 3. The number of hydrogen-bond donors (Lipinski definition) is 1. The third-order valence-electron chi connectivity index (χ3n) is 3.50. The Hall–Kier alpha value is -3.19. The van der Waals surface area contributed by atoms with Gasteiger partial charge in [-0.1, -0.05) is 17.7 Å². The molecule has 2 aromatic heterocycles. The fourth-order valence-electron chi connectivity index (χ4n) is 2.26. The topological polar surface area (TPSA) is 86.2 Å². The van der Waals surface area contributed by atoms with E-state index in [1.807, 2.05) is 18.2 Å². The van der Waals surface area contributed by atoms with Crippen molar-refractivity contribution < 1.29 is 14.3 Å². The standard InChI is InChI=1S/C19H17ClN4O3/c1-2-26-19(25)15-10-21-12-23-18(15)24-13-6-7-17(16(20)9-13)27-11-14-5-3-4-8-22-14/h3-10,12H,2,11H2,1H3,(H,21,23,24). The molecule has 3 rings (SSSR count). The number of benzene rings is 1. The second-order valence-electron chi connectivity index (χ2n) is 5.39. The first kappa shape index (κ1) is 18.6. The van der Waals surface area contributed by atoms with Crippen LogP contribution in [0.25, 0.3) is 0 Å². The lowest BCUT2D eigenvalue weighted by atomic mass is 10.2. The van der Waals surface area contributed by atoms with Gasteiger partial charge in [0.1, 0.15) is 30.1 Å². The second-order valence-corrected chi connectivity index (χ2v) is 5.79. The molecule has 0 fully saturated rings. The minimum absolute atomic E-state index is 0.242. The highest BCUT2D eigenvalue weighted by atomic mass is 35.5. The van der Waals surface area contributed by atoms with Crippen molar-refractivity contribution in [2.75, 3.05) is 11.9 Å². The first-order valence-corrected chi connectivity index (χ1v) is 8.61. The third-order valence-corrected chi connectivity index (χ3v) is 3.80. The molecule has 3 aromatic rings. The third kappa shape index (κ3) is 4.92. The zero-order chi connectivity index (χ0) is 19.1. The molecule has 0 amide bonds. The first-order valence-electron chi connectivity index (χ1n) is 8.23. The van der Waals surface area contributed by atoms with E-state index in [-0.39, 0.29) is 12.2 Å². The molecule has 0 atom stereocenters. The van der Waals surface area contributed by atoms with Crippen LogP contribution in [0, 0.1) is 0 Å². The molecule has 7 nitrogen and oxygen atoms in total. The van der Waals surface area contributed by atoms with E-state index in [9.17, 15) is 4.79 Å². The smallest absolute Gasteiger partial charge is 0.343 e. The number of halogens is 1. The molecule has 1 N–H and O–H groups in total. The summed E-state index contributed by atoms with van der Waals surface area (Å²) in [4.78, 5) is 24.2. The molecule has 1 aromatic carbocycles. The zero-order valence-electron chi connectivity index (χ0n) is 14.6. The van der Waals surface area contributed by atoms with Gasteiger partial charge in [-0.25, -0.2) is 14.8 Å². The Labute approximate surface area is 161 Å². The van der Waals surface area contributed by atoms with Crippen LogP contribution in [0.15, 0.2) is 55.1 Å². The molecule has 8 heteroatoms. The molecule has 27 heavy (non-hydrogen) atoms. The van der Waals surface area contributed by atoms with Crippen molar-refractivity contribution in [1.82, 2.24) is 15.0 Å². The Morgan fingerprint density at radius 1 is 1.22 bits per heavy atom. The van der Waals surface area contributed by atoms with Crippen LogP contribution >= 0.6 is 11.6 Å². The predicted molar refractivity (Wildman–Crippen MR) is 101 cm³/mol. The number of nitrogens with one attached hydrogen (secondary N) is 1. The second kappa shape index (κ2) is 8.95. The highest BCUT2D eigenvalue weighted by molar-refractivity contribution is 6.32. The van der Waals surface area contributed by atoms with Crippen LogP contribution in [0.4, 0.5) is 11.5 Å². The summed E-state index contributed by atoms with van der Waals surface area (Å²) in [5.74, 6) is 0.366. The Balaban J connectivity index is 1.72. The van der Waals surface area contributed by atoms with Gasteiger partial charge in [0.15, 0.2) is 0 Å². The van der Waals surface area contributed by atoms with E-state index >= 15 is 0 Å². The van der Waals surface area contributed by atoms with E-state index in [0.717, 1.165) is 5.69 Å². The van der Waals surface area contributed by atoms with E-state index in [0.29, 0.717) is 28.9 Å². The summed E-state index contributed by atoms with van der Waals surface area (Å²) >= 11 is 6.30. The highest BCUT2D eigenvalue weighted by Crippen LogP contribution is 2.30. The fraction of sp³-hybridized carbons (Fsp3) is 0.158. The number of aromatic nitrogens is 3. The van der Waals surface area contributed by atoms with Gasteiger partial charge in [0.25, 0.3) is 0 Å². The molecule has 0 aliphatic rings. The summed E-state index contributed by atoms with van der Waals surface area (Å²) in [7, 11) is 0. The molecule has 138 valence electrons. The van der Waals surface area contributed by atoms with Gasteiger partial charge in [-0.3, -0.25) is 4.98 Å². The van der Waals surface area contributed by atoms with Gasteiger partial charge in [0.2, 0.25) is 0 Å². The quantitative estimate of drug-likeness (QED) is 0.615. The van der Waals surface area contributed by atoms with Crippen molar-refractivity contribution >= 4 is 29.1 Å². The summed E-state index contributed by atoms with van der Waals surface area (Å²) in [5.41, 5.74) is 1.69. The number of esters is 1. The Morgan fingerprint density at radius 3 is 2.85 bits per heavy atom. The number of ether oxygens (including phenoxy) is 2. The van der Waals surface area contributed by atoms with Crippen LogP contribution in [0.3, 0.4) is 0 Å². The van der Waals surface area contributed by atoms with Crippen molar-refractivity contribution in [3.63, 3.8) is 0 Å². The van der Waals surface area contributed by atoms with Crippen LogP contribution in [-0.2, 0) is 11.3 Å². The Morgan fingerprint density at radius 2 is 2.11 bits per heavy atom. The summed E-state index contributed by atoms with van der Waals surface area (Å²) in [6, 6.07) is 10.8. The summed E-state index contributed by atoms with van der Waals surface area (Å²) in [6.45, 7) is 2.31. The lowest BCUT2D eigenvalue weighted by molar-refractivity contribution is 0.0526. The van der Waals surface area contributed by atoms with Gasteiger partial charge in [-0.05, 0) is 37.3 Å². The molecule has 0 aliphatic heterocycles. The van der Waals surface area contributed by atoms with Crippen molar-refractivity contribution in [1.29, 1.82) is 0 Å². The Bertz CT molecular complexity index is 922.